The first kappa shape index (κ1) is 12.5. The summed E-state index contributed by atoms with van der Waals surface area (Å²) in [6.07, 6.45) is 3.30. The maximum Gasteiger partial charge on any atom is 0.258 e. The van der Waals surface area contributed by atoms with Gasteiger partial charge in [0.2, 0.25) is 0 Å². The van der Waals surface area contributed by atoms with E-state index in [4.69, 9.17) is 4.74 Å². The van der Waals surface area contributed by atoms with E-state index >= 15 is 0 Å². The Hall–Kier alpha value is -1.52. The molecular formula is C11H19N3O2. The number of hydrogen-bond donors (Lipinski definition) is 1. The van der Waals surface area contributed by atoms with Crippen LogP contribution in [0.1, 0.15) is 20.8 Å². The van der Waals surface area contributed by atoms with Crippen molar-refractivity contribution in [2.24, 2.45) is 13.0 Å². The number of hydrogen-bond acceptors (Lipinski definition) is 3. The number of aryl methyl sites for hydroxylation is 1. The third kappa shape index (κ3) is 3.92. The second-order valence-corrected chi connectivity index (χ2v) is 4.24. The first-order valence-electron chi connectivity index (χ1n) is 5.40. The molecule has 1 heterocycles. The van der Waals surface area contributed by atoms with Crippen LogP contribution >= 0.6 is 0 Å². The van der Waals surface area contributed by atoms with Crippen molar-refractivity contribution >= 4 is 5.91 Å². The standard InChI is InChI=1S/C11H19N3O2/c1-8(2)9(3)13-11(15)7-16-10-5-12-14(4)6-10/h5-6,8-9H,7H2,1-4H3,(H,13,15). The van der Waals surface area contributed by atoms with Crippen molar-refractivity contribution < 1.29 is 9.53 Å². The Morgan fingerprint density at radius 1 is 1.56 bits per heavy atom. The molecule has 1 N–H and O–H groups in total. The molecule has 16 heavy (non-hydrogen) atoms. The van der Waals surface area contributed by atoms with E-state index in [0.717, 1.165) is 0 Å². The Labute approximate surface area is 95.8 Å². The SMILES string of the molecule is CC(C)C(C)NC(=O)COc1cnn(C)c1. The molecule has 1 unspecified atom stereocenters. The van der Waals surface area contributed by atoms with E-state index in [1.54, 1.807) is 24.1 Å². The Bertz CT molecular complexity index is 347. The van der Waals surface area contributed by atoms with Crippen LogP contribution in [0.4, 0.5) is 0 Å². The summed E-state index contributed by atoms with van der Waals surface area (Å²) in [5, 5.41) is 6.81. The van der Waals surface area contributed by atoms with Gasteiger partial charge in [0.05, 0.1) is 12.4 Å². The summed E-state index contributed by atoms with van der Waals surface area (Å²) < 4.78 is 6.90. The van der Waals surface area contributed by atoms with Crippen LogP contribution in [0, 0.1) is 5.92 Å². The minimum absolute atomic E-state index is 0.0305. The van der Waals surface area contributed by atoms with Gasteiger partial charge < -0.3 is 10.1 Å². The maximum atomic E-state index is 11.5. The maximum absolute atomic E-state index is 11.5. The minimum Gasteiger partial charge on any atom is -0.480 e. The van der Waals surface area contributed by atoms with Crippen molar-refractivity contribution in [2.45, 2.75) is 26.8 Å². The van der Waals surface area contributed by atoms with Gasteiger partial charge in [0, 0.05) is 13.1 Å². The van der Waals surface area contributed by atoms with Crippen molar-refractivity contribution in [1.82, 2.24) is 15.1 Å². The monoisotopic (exact) mass is 225 g/mol. The average molecular weight is 225 g/mol. The number of nitrogens with zero attached hydrogens (tertiary/aromatic N) is 2. The van der Waals surface area contributed by atoms with Gasteiger partial charge in [-0.3, -0.25) is 9.48 Å². The molecule has 90 valence electrons. The second kappa shape index (κ2) is 5.53. The Kier molecular flexibility index (Phi) is 4.34. The molecule has 5 heteroatoms. The van der Waals surface area contributed by atoms with Crippen LogP contribution in [0.15, 0.2) is 12.4 Å². The van der Waals surface area contributed by atoms with E-state index in [0.29, 0.717) is 11.7 Å². The average Bonchev–Trinajstić information content (AvgIpc) is 2.61. The zero-order chi connectivity index (χ0) is 12.1. The summed E-state index contributed by atoms with van der Waals surface area (Å²) in [6.45, 7) is 6.13. The van der Waals surface area contributed by atoms with Gasteiger partial charge in [-0.25, -0.2) is 0 Å². The van der Waals surface area contributed by atoms with Crippen molar-refractivity contribution in [3.63, 3.8) is 0 Å². The molecule has 0 aliphatic carbocycles. The highest BCUT2D eigenvalue weighted by molar-refractivity contribution is 5.77. The van der Waals surface area contributed by atoms with Crippen molar-refractivity contribution in [2.75, 3.05) is 6.61 Å². The van der Waals surface area contributed by atoms with Gasteiger partial charge in [0.25, 0.3) is 5.91 Å². The van der Waals surface area contributed by atoms with E-state index in [-0.39, 0.29) is 18.6 Å². The van der Waals surface area contributed by atoms with Gasteiger partial charge in [0.1, 0.15) is 0 Å². The summed E-state index contributed by atoms with van der Waals surface area (Å²) in [5.41, 5.74) is 0. The highest BCUT2D eigenvalue weighted by Crippen LogP contribution is 2.06. The molecular weight excluding hydrogens is 206 g/mol. The zero-order valence-corrected chi connectivity index (χ0v) is 10.2. The lowest BCUT2D eigenvalue weighted by Crippen LogP contribution is -2.38. The van der Waals surface area contributed by atoms with E-state index in [1.165, 1.54) is 0 Å². The van der Waals surface area contributed by atoms with Gasteiger partial charge in [-0.1, -0.05) is 13.8 Å². The van der Waals surface area contributed by atoms with E-state index < -0.39 is 0 Å². The molecule has 0 saturated heterocycles. The fourth-order valence-electron chi connectivity index (χ4n) is 1.08. The van der Waals surface area contributed by atoms with Crippen molar-refractivity contribution in [1.29, 1.82) is 0 Å². The van der Waals surface area contributed by atoms with E-state index in [1.807, 2.05) is 6.92 Å². The van der Waals surface area contributed by atoms with Gasteiger partial charge in [-0.15, -0.1) is 0 Å². The normalized spacial score (nSPS) is 12.6. The molecule has 1 aromatic heterocycles. The summed E-state index contributed by atoms with van der Waals surface area (Å²) in [7, 11) is 1.80. The van der Waals surface area contributed by atoms with E-state index in [2.05, 4.69) is 24.3 Å². The fraction of sp³-hybridized carbons (Fsp3) is 0.636. The minimum atomic E-state index is -0.106. The lowest BCUT2D eigenvalue weighted by Gasteiger charge is -2.17. The number of ether oxygens (including phenoxy) is 1. The van der Waals surface area contributed by atoms with Gasteiger partial charge in [-0.05, 0) is 12.8 Å². The third-order valence-corrected chi connectivity index (χ3v) is 2.44. The third-order valence-electron chi connectivity index (χ3n) is 2.44. The lowest BCUT2D eigenvalue weighted by molar-refractivity contribution is -0.124. The molecule has 1 rings (SSSR count). The molecule has 0 spiro atoms. The fourth-order valence-corrected chi connectivity index (χ4v) is 1.08. The largest absolute Gasteiger partial charge is 0.480 e. The van der Waals surface area contributed by atoms with Crippen LogP contribution in [0.5, 0.6) is 5.75 Å². The molecule has 1 amide bonds. The molecule has 1 atom stereocenters. The highest BCUT2D eigenvalue weighted by atomic mass is 16.5. The molecule has 0 bridgehead atoms. The van der Waals surface area contributed by atoms with Crippen LogP contribution < -0.4 is 10.1 Å². The van der Waals surface area contributed by atoms with Crippen LogP contribution in [-0.4, -0.2) is 28.3 Å². The molecule has 5 nitrogen and oxygen atoms in total. The summed E-state index contributed by atoms with van der Waals surface area (Å²) >= 11 is 0. The molecule has 0 aromatic carbocycles. The topological polar surface area (TPSA) is 56.1 Å². The first-order valence-corrected chi connectivity index (χ1v) is 5.40. The molecule has 0 aliphatic rings. The first-order chi connectivity index (χ1) is 7.49. The van der Waals surface area contributed by atoms with E-state index in [9.17, 15) is 4.79 Å². The molecule has 0 aliphatic heterocycles. The van der Waals surface area contributed by atoms with Crippen LogP contribution in [-0.2, 0) is 11.8 Å². The van der Waals surface area contributed by atoms with Gasteiger partial charge in [0.15, 0.2) is 12.4 Å². The van der Waals surface area contributed by atoms with Crippen molar-refractivity contribution in [3.8, 4) is 5.75 Å². The predicted octanol–water partition coefficient (Wildman–Crippen LogP) is 0.960. The van der Waals surface area contributed by atoms with Crippen LogP contribution in [0.3, 0.4) is 0 Å². The second-order valence-electron chi connectivity index (χ2n) is 4.24. The van der Waals surface area contributed by atoms with Crippen LogP contribution in [0.2, 0.25) is 0 Å². The number of nitrogens with one attached hydrogen (secondary N) is 1. The van der Waals surface area contributed by atoms with Gasteiger partial charge in [-0.2, -0.15) is 5.10 Å². The van der Waals surface area contributed by atoms with Gasteiger partial charge >= 0.3 is 0 Å². The molecule has 1 aromatic rings. The quantitative estimate of drug-likeness (QED) is 0.812. The van der Waals surface area contributed by atoms with Crippen LogP contribution in [0.25, 0.3) is 0 Å². The summed E-state index contributed by atoms with van der Waals surface area (Å²) in [4.78, 5) is 11.5. The number of aromatic nitrogens is 2. The molecule has 0 saturated carbocycles. The smallest absolute Gasteiger partial charge is 0.258 e. The number of amides is 1. The zero-order valence-electron chi connectivity index (χ0n) is 10.2. The highest BCUT2D eigenvalue weighted by Gasteiger charge is 2.11. The summed E-state index contributed by atoms with van der Waals surface area (Å²) in [5.74, 6) is 0.919. The lowest BCUT2D eigenvalue weighted by atomic mass is 10.1. The predicted molar refractivity (Wildman–Crippen MR) is 61.1 cm³/mol. The Balaban J connectivity index is 2.30. The Morgan fingerprint density at radius 2 is 2.25 bits per heavy atom. The molecule has 0 fully saturated rings. The number of rotatable bonds is 5. The Morgan fingerprint density at radius 3 is 2.75 bits per heavy atom. The number of carbonyl (C=O) groups excluding carboxylic acids is 1. The number of carbonyl (C=O) groups is 1. The summed E-state index contributed by atoms with van der Waals surface area (Å²) in [6, 6.07) is 0.157. The van der Waals surface area contributed by atoms with Crippen molar-refractivity contribution in [3.05, 3.63) is 12.4 Å². The molecule has 0 radical (unpaired) electrons.